The summed E-state index contributed by atoms with van der Waals surface area (Å²) in [5.41, 5.74) is 3.16. The van der Waals surface area contributed by atoms with Crippen molar-refractivity contribution in [3.8, 4) is 5.75 Å². The van der Waals surface area contributed by atoms with Crippen molar-refractivity contribution in [2.45, 2.75) is 25.5 Å². The van der Waals surface area contributed by atoms with Gasteiger partial charge in [-0.2, -0.15) is 11.8 Å². The van der Waals surface area contributed by atoms with Gasteiger partial charge in [0.25, 0.3) is 0 Å². The number of ether oxygens (including phenoxy) is 1. The molecule has 0 spiro atoms. The van der Waals surface area contributed by atoms with Crippen molar-refractivity contribution in [1.82, 2.24) is 9.97 Å². The van der Waals surface area contributed by atoms with Gasteiger partial charge in [0.1, 0.15) is 5.75 Å². The zero-order chi connectivity index (χ0) is 21.7. The van der Waals surface area contributed by atoms with E-state index in [1.807, 2.05) is 36.4 Å². The van der Waals surface area contributed by atoms with E-state index in [-0.39, 0.29) is 5.82 Å². The number of aromatic nitrogens is 2. The number of hydrogen-bond acceptors (Lipinski definition) is 7. The number of para-hydroxylation sites is 2. The molecule has 0 aliphatic heterocycles. The first-order chi connectivity index (χ1) is 14.3. The van der Waals surface area contributed by atoms with E-state index in [0.717, 1.165) is 23.4 Å². The van der Waals surface area contributed by atoms with Gasteiger partial charge in [-0.15, -0.1) is 0 Å². The lowest BCUT2D eigenvalue weighted by molar-refractivity contribution is 0.415. The summed E-state index contributed by atoms with van der Waals surface area (Å²) in [7, 11) is -1.98. The molecule has 2 aromatic carbocycles. The third-order valence-electron chi connectivity index (χ3n) is 4.58. The molecule has 0 fully saturated rings. The van der Waals surface area contributed by atoms with E-state index in [4.69, 9.17) is 4.74 Å². The van der Waals surface area contributed by atoms with Crippen LogP contribution in [-0.4, -0.2) is 42.8 Å². The minimum Gasteiger partial charge on any atom is -0.497 e. The van der Waals surface area contributed by atoms with Crippen LogP contribution in [-0.2, 0) is 16.4 Å². The Labute approximate surface area is 181 Å². The van der Waals surface area contributed by atoms with Crippen LogP contribution in [0.4, 0.5) is 17.3 Å². The van der Waals surface area contributed by atoms with Crippen LogP contribution in [0.1, 0.15) is 19.4 Å². The van der Waals surface area contributed by atoms with Crippen molar-refractivity contribution in [2.75, 3.05) is 29.2 Å². The number of thioether (sulfide) groups is 1. The first-order valence-corrected chi connectivity index (χ1v) is 12.5. The summed E-state index contributed by atoms with van der Waals surface area (Å²) in [6.07, 6.45) is 2.91. The number of methoxy groups -OCH3 is 1. The molecule has 0 saturated carbocycles. The highest BCUT2D eigenvalue weighted by atomic mass is 32.2. The molecule has 0 radical (unpaired) electrons. The second-order valence-electron chi connectivity index (χ2n) is 7.00. The van der Waals surface area contributed by atoms with Gasteiger partial charge in [0.15, 0.2) is 11.6 Å². The maximum absolute atomic E-state index is 12.5. The zero-order valence-corrected chi connectivity index (χ0v) is 19.1. The average Bonchev–Trinajstić information content (AvgIpc) is 2.72. The molecule has 7 nitrogen and oxygen atoms in total. The molecule has 3 rings (SSSR count). The maximum atomic E-state index is 12.5. The largest absolute Gasteiger partial charge is 0.497 e. The fourth-order valence-electron chi connectivity index (χ4n) is 2.77. The number of rotatable bonds is 9. The fourth-order valence-corrected chi connectivity index (χ4v) is 3.84. The minimum atomic E-state index is -3.59. The summed E-state index contributed by atoms with van der Waals surface area (Å²) in [4.78, 5) is 9.17. The van der Waals surface area contributed by atoms with Crippen molar-refractivity contribution < 1.29 is 13.2 Å². The number of sulfonamides is 1. The van der Waals surface area contributed by atoms with Crippen LogP contribution in [0, 0.1) is 0 Å². The molecule has 0 aliphatic rings. The molecule has 1 heterocycles. The number of nitrogens with one attached hydrogen (secondary N) is 2. The molecule has 1 aromatic heterocycles. The van der Waals surface area contributed by atoms with Gasteiger partial charge in [-0.05, 0) is 56.0 Å². The van der Waals surface area contributed by atoms with Gasteiger partial charge in [-0.1, -0.05) is 18.2 Å². The fraction of sp³-hybridized carbons (Fsp3) is 0.333. The molecule has 30 heavy (non-hydrogen) atoms. The first kappa shape index (κ1) is 22.2. The lowest BCUT2D eigenvalue weighted by Crippen LogP contribution is -2.24. The highest BCUT2D eigenvalue weighted by molar-refractivity contribution is 7.98. The molecule has 0 bridgehead atoms. The third kappa shape index (κ3) is 5.14. The van der Waals surface area contributed by atoms with E-state index in [9.17, 15) is 8.42 Å². The molecule has 2 N–H and O–H groups in total. The van der Waals surface area contributed by atoms with Crippen molar-refractivity contribution in [1.29, 1.82) is 0 Å². The Morgan fingerprint density at radius 2 is 1.73 bits per heavy atom. The van der Waals surface area contributed by atoms with E-state index < -0.39 is 15.3 Å². The van der Waals surface area contributed by atoms with E-state index >= 15 is 0 Å². The molecule has 0 amide bonds. The van der Waals surface area contributed by atoms with Gasteiger partial charge >= 0.3 is 0 Å². The second kappa shape index (κ2) is 9.53. The van der Waals surface area contributed by atoms with Gasteiger partial charge in [0, 0.05) is 11.8 Å². The summed E-state index contributed by atoms with van der Waals surface area (Å²) in [6, 6.07) is 13.1. The third-order valence-corrected chi connectivity index (χ3v) is 6.91. The minimum absolute atomic E-state index is 0.168. The summed E-state index contributed by atoms with van der Waals surface area (Å²) >= 11 is 1.76. The van der Waals surface area contributed by atoms with Gasteiger partial charge in [-0.3, -0.25) is 4.72 Å². The molecule has 9 heteroatoms. The Hall–Kier alpha value is -2.52. The van der Waals surface area contributed by atoms with Crippen LogP contribution >= 0.6 is 11.8 Å². The van der Waals surface area contributed by atoms with E-state index in [2.05, 4.69) is 26.3 Å². The summed E-state index contributed by atoms with van der Waals surface area (Å²) in [5, 5.41) is 2.68. The Balaban J connectivity index is 2.09. The van der Waals surface area contributed by atoms with Crippen molar-refractivity contribution in [3.63, 3.8) is 0 Å². The van der Waals surface area contributed by atoms with Gasteiger partial charge in [-0.25, -0.2) is 18.4 Å². The number of benzene rings is 2. The summed E-state index contributed by atoms with van der Waals surface area (Å²) < 4.78 is 33.0. The van der Waals surface area contributed by atoms with Crippen LogP contribution in [0.3, 0.4) is 0 Å². The summed E-state index contributed by atoms with van der Waals surface area (Å²) in [6.45, 7) is 3.24. The molecular formula is C21H26N4O3S2. The maximum Gasteiger partial charge on any atom is 0.236 e. The summed E-state index contributed by atoms with van der Waals surface area (Å²) in [5.74, 6) is 2.16. The quantitative estimate of drug-likeness (QED) is 0.502. The topological polar surface area (TPSA) is 93.2 Å². The van der Waals surface area contributed by atoms with E-state index in [1.54, 1.807) is 38.8 Å². The predicted octanol–water partition coefficient (Wildman–Crippen LogP) is 4.44. The molecule has 0 atom stereocenters. The molecule has 0 saturated heterocycles. The normalized spacial score (nSPS) is 11.6. The van der Waals surface area contributed by atoms with Gasteiger partial charge < -0.3 is 10.1 Å². The predicted molar refractivity (Wildman–Crippen MR) is 126 cm³/mol. The Morgan fingerprint density at radius 1 is 1.07 bits per heavy atom. The highest BCUT2D eigenvalue weighted by Crippen LogP contribution is 2.30. The number of aryl methyl sites for hydroxylation is 1. The smallest absolute Gasteiger partial charge is 0.236 e. The van der Waals surface area contributed by atoms with Crippen molar-refractivity contribution >= 4 is 50.1 Å². The molecule has 160 valence electrons. The Kier molecular flexibility index (Phi) is 7.04. The number of anilines is 3. The number of fused-ring (bicyclic) bond motifs is 1. The van der Waals surface area contributed by atoms with Crippen LogP contribution in [0.25, 0.3) is 11.0 Å². The molecule has 0 aliphatic carbocycles. The Bertz CT molecular complexity index is 1130. The number of nitrogens with zero attached hydrogens (tertiary/aromatic N) is 2. The zero-order valence-electron chi connectivity index (χ0n) is 17.5. The van der Waals surface area contributed by atoms with E-state index in [0.29, 0.717) is 22.6 Å². The molecule has 3 aromatic rings. The monoisotopic (exact) mass is 446 g/mol. The highest BCUT2D eigenvalue weighted by Gasteiger charge is 2.20. The average molecular weight is 447 g/mol. The lowest BCUT2D eigenvalue weighted by Gasteiger charge is -2.17. The molecular weight excluding hydrogens is 420 g/mol. The molecule has 0 unspecified atom stereocenters. The second-order valence-corrected chi connectivity index (χ2v) is 10.2. The van der Waals surface area contributed by atoms with Crippen LogP contribution in [0.15, 0.2) is 42.5 Å². The Morgan fingerprint density at radius 3 is 2.33 bits per heavy atom. The van der Waals surface area contributed by atoms with Gasteiger partial charge in [0.2, 0.25) is 10.0 Å². The van der Waals surface area contributed by atoms with Gasteiger partial charge in [0.05, 0.1) is 23.4 Å². The lowest BCUT2D eigenvalue weighted by atomic mass is 10.1. The first-order valence-electron chi connectivity index (χ1n) is 9.55. The van der Waals surface area contributed by atoms with Crippen LogP contribution in [0.5, 0.6) is 5.75 Å². The van der Waals surface area contributed by atoms with E-state index in [1.165, 1.54) is 0 Å². The van der Waals surface area contributed by atoms with Crippen molar-refractivity contribution in [3.05, 3.63) is 48.0 Å². The SMILES string of the molecule is COc1ccc(CCSC)c(Nc2nc3ccccc3nc2NS(=O)(=O)C(C)C)c1. The van der Waals surface area contributed by atoms with Crippen LogP contribution in [0.2, 0.25) is 0 Å². The van der Waals surface area contributed by atoms with Crippen molar-refractivity contribution in [2.24, 2.45) is 0 Å². The number of hydrogen-bond donors (Lipinski definition) is 2. The standard InChI is InChI=1S/C21H26N4O3S2/c1-14(2)30(26,27)25-21-20(22-17-7-5-6-8-18(17)23-21)24-19-13-16(28-3)10-9-15(19)11-12-29-4/h5-10,13-14H,11-12H2,1-4H3,(H,22,24)(H,23,25). The van der Waals surface area contributed by atoms with Crippen LogP contribution < -0.4 is 14.8 Å².